The number of methoxy groups -OCH3 is 2. The lowest BCUT2D eigenvalue weighted by Gasteiger charge is -2.29. The highest BCUT2D eigenvalue weighted by Crippen LogP contribution is 2.37. The van der Waals surface area contributed by atoms with Crippen molar-refractivity contribution in [3.63, 3.8) is 0 Å². The van der Waals surface area contributed by atoms with E-state index >= 15 is 0 Å². The second-order valence-electron chi connectivity index (χ2n) is 5.68. The van der Waals surface area contributed by atoms with Crippen molar-refractivity contribution in [2.45, 2.75) is 0 Å². The molecule has 1 aliphatic heterocycles. The Morgan fingerprint density at radius 2 is 1.93 bits per heavy atom. The van der Waals surface area contributed by atoms with Crippen LogP contribution in [-0.2, 0) is 9.59 Å². The van der Waals surface area contributed by atoms with Crippen molar-refractivity contribution in [1.29, 1.82) is 0 Å². The molecule has 2 aromatic carbocycles. The fourth-order valence-corrected chi connectivity index (χ4v) is 3.78. The molecule has 0 bridgehead atoms. The smallest absolute Gasteiger partial charge is 0.270 e. The van der Waals surface area contributed by atoms with E-state index in [0.717, 1.165) is 0 Å². The Kier molecular flexibility index (Phi) is 6.02. The Labute approximate surface area is 180 Å². The summed E-state index contributed by atoms with van der Waals surface area (Å²) in [5, 5.41) is 2.97. The summed E-state index contributed by atoms with van der Waals surface area (Å²) in [7, 11) is 3.02. The van der Waals surface area contributed by atoms with Gasteiger partial charge in [-0.25, -0.2) is 0 Å². The molecule has 2 aromatic rings. The molecule has 0 spiro atoms. The van der Waals surface area contributed by atoms with E-state index in [4.69, 9.17) is 33.3 Å². The monoisotopic (exact) mass is 480 g/mol. The van der Waals surface area contributed by atoms with Crippen LogP contribution in [0, 0.1) is 0 Å². The average Bonchev–Trinajstić information content (AvgIpc) is 2.64. The van der Waals surface area contributed by atoms with Gasteiger partial charge < -0.3 is 9.47 Å². The van der Waals surface area contributed by atoms with E-state index in [1.54, 1.807) is 36.4 Å². The van der Waals surface area contributed by atoms with Gasteiger partial charge in [-0.3, -0.25) is 19.8 Å². The summed E-state index contributed by atoms with van der Waals surface area (Å²) in [4.78, 5) is 26.7. The summed E-state index contributed by atoms with van der Waals surface area (Å²) in [6.45, 7) is 0. The van der Waals surface area contributed by atoms with Gasteiger partial charge in [-0.2, -0.15) is 0 Å². The van der Waals surface area contributed by atoms with Gasteiger partial charge in [0.25, 0.3) is 11.8 Å². The third-order valence-corrected chi connectivity index (χ3v) is 5.04. The molecular weight excluding hydrogens is 468 g/mol. The molecule has 2 amide bonds. The van der Waals surface area contributed by atoms with Crippen LogP contribution in [0.5, 0.6) is 11.5 Å². The molecule has 1 fully saturated rings. The third-order valence-electron chi connectivity index (χ3n) is 3.93. The number of carbonyl (C=O) groups excluding carboxylic acids is 2. The number of halogens is 2. The summed E-state index contributed by atoms with van der Waals surface area (Å²) >= 11 is 14.6. The molecule has 1 aliphatic rings. The quantitative estimate of drug-likeness (QED) is 0.407. The van der Waals surface area contributed by atoms with Crippen LogP contribution in [0.1, 0.15) is 5.56 Å². The van der Waals surface area contributed by atoms with E-state index < -0.39 is 11.8 Å². The molecule has 1 saturated heterocycles. The number of hydrogen-bond donors (Lipinski definition) is 1. The van der Waals surface area contributed by atoms with Crippen molar-refractivity contribution < 1.29 is 19.1 Å². The number of hydrogen-bond acceptors (Lipinski definition) is 5. The number of nitrogens with zero attached hydrogens (tertiary/aromatic N) is 1. The highest BCUT2D eigenvalue weighted by molar-refractivity contribution is 9.10. The van der Waals surface area contributed by atoms with Crippen molar-refractivity contribution in [1.82, 2.24) is 5.32 Å². The van der Waals surface area contributed by atoms with Crippen LogP contribution < -0.4 is 19.7 Å². The van der Waals surface area contributed by atoms with E-state index in [1.807, 2.05) is 0 Å². The van der Waals surface area contributed by atoms with Gasteiger partial charge >= 0.3 is 0 Å². The normalized spacial score (nSPS) is 15.6. The minimum Gasteiger partial charge on any atom is -0.493 e. The van der Waals surface area contributed by atoms with Gasteiger partial charge in [-0.05, 0) is 70.1 Å². The van der Waals surface area contributed by atoms with Gasteiger partial charge in [0.05, 0.1) is 24.4 Å². The molecule has 0 radical (unpaired) electrons. The molecule has 3 rings (SSSR count). The SMILES string of the molecule is COc1cc(/C=C2\C(=O)NC(=S)N(c3cccc(Cl)c3)C2=O)cc(Br)c1OC. The van der Waals surface area contributed by atoms with E-state index in [1.165, 1.54) is 25.2 Å². The fourth-order valence-electron chi connectivity index (χ4n) is 2.70. The first-order valence-corrected chi connectivity index (χ1v) is 9.52. The number of amides is 2. The standard InChI is InChI=1S/C19H14BrClN2O4S/c1-26-15-8-10(7-14(20)16(15)27-2)6-13-17(24)22-19(28)23(18(13)25)12-5-3-4-11(21)9-12/h3-9H,1-2H3,(H,22,24,28)/b13-6+. The number of ether oxygens (including phenoxy) is 2. The molecule has 0 unspecified atom stereocenters. The number of carbonyl (C=O) groups is 2. The average molecular weight is 482 g/mol. The zero-order valence-corrected chi connectivity index (χ0v) is 17.9. The topological polar surface area (TPSA) is 67.9 Å². The molecule has 1 heterocycles. The molecule has 0 aromatic heterocycles. The van der Waals surface area contributed by atoms with Gasteiger partial charge in [0.2, 0.25) is 0 Å². The zero-order valence-electron chi connectivity index (χ0n) is 14.8. The molecule has 28 heavy (non-hydrogen) atoms. The number of rotatable bonds is 4. The molecule has 144 valence electrons. The number of thiocarbonyl (C=S) groups is 1. The molecule has 6 nitrogen and oxygen atoms in total. The number of anilines is 1. The van der Waals surface area contributed by atoms with Crippen molar-refractivity contribution in [3.8, 4) is 11.5 Å². The van der Waals surface area contributed by atoms with Crippen molar-refractivity contribution in [2.75, 3.05) is 19.1 Å². The van der Waals surface area contributed by atoms with Crippen LogP contribution in [0.2, 0.25) is 5.02 Å². The Morgan fingerprint density at radius 3 is 2.57 bits per heavy atom. The Bertz CT molecular complexity index is 1020. The maximum absolute atomic E-state index is 13.0. The fraction of sp³-hybridized carbons (Fsp3) is 0.105. The highest BCUT2D eigenvalue weighted by Gasteiger charge is 2.34. The van der Waals surface area contributed by atoms with Gasteiger partial charge in [0.1, 0.15) is 5.57 Å². The van der Waals surface area contributed by atoms with E-state index in [9.17, 15) is 9.59 Å². The second kappa shape index (κ2) is 8.30. The lowest BCUT2D eigenvalue weighted by Crippen LogP contribution is -2.54. The summed E-state index contributed by atoms with van der Waals surface area (Å²) in [5.74, 6) is -0.179. The van der Waals surface area contributed by atoms with E-state index in [2.05, 4.69) is 21.2 Å². The molecule has 1 N–H and O–H groups in total. The number of nitrogens with one attached hydrogen (secondary N) is 1. The minimum atomic E-state index is -0.584. The van der Waals surface area contributed by atoms with Gasteiger partial charge in [-0.1, -0.05) is 17.7 Å². The van der Waals surface area contributed by atoms with Crippen LogP contribution in [0.25, 0.3) is 6.08 Å². The maximum atomic E-state index is 13.0. The molecule has 0 saturated carbocycles. The Hall–Kier alpha value is -2.42. The van der Waals surface area contributed by atoms with Gasteiger partial charge in [0.15, 0.2) is 16.6 Å². The summed E-state index contributed by atoms with van der Waals surface area (Å²) in [6.07, 6.45) is 1.46. The van der Waals surface area contributed by atoms with Crippen LogP contribution in [0.3, 0.4) is 0 Å². The largest absolute Gasteiger partial charge is 0.493 e. The zero-order chi connectivity index (χ0) is 20.4. The lowest BCUT2D eigenvalue weighted by atomic mass is 10.1. The third kappa shape index (κ3) is 3.89. The predicted molar refractivity (Wildman–Crippen MR) is 115 cm³/mol. The van der Waals surface area contributed by atoms with Gasteiger partial charge in [0, 0.05) is 5.02 Å². The number of benzene rings is 2. The summed E-state index contributed by atoms with van der Waals surface area (Å²) in [5.41, 5.74) is 0.955. The first kappa shape index (κ1) is 20.3. The minimum absolute atomic E-state index is 0.0112. The first-order valence-electron chi connectivity index (χ1n) is 7.94. The molecule has 0 aliphatic carbocycles. The van der Waals surface area contributed by atoms with Crippen LogP contribution >= 0.6 is 39.7 Å². The molecule has 9 heteroatoms. The molecule has 0 atom stereocenters. The second-order valence-corrected chi connectivity index (χ2v) is 7.35. The Morgan fingerprint density at radius 1 is 1.18 bits per heavy atom. The lowest BCUT2D eigenvalue weighted by molar-refractivity contribution is -0.122. The van der Waals surface area contributed by atoms with Crippen molar-refractivity contribution in [2.24, 2.45) is 0 Å². The molecular formula is C19H14BrClN2O4S. The predicted octanol–water partition coefficient (Wildman–Crippen LogP) is 3.95. The van der Waals surface area contributed by atoms with Crippen LogP contribution in [0.4, 0.5) is 5.69 Å². The van der Waals surface area contributed by atoms with E-state index in [0.29, 0.717) is 32.2 Å². The van der Waals surface area contributed by atoms with Crippen molar-refractivity contribution in [3.05, 3.63) is 57.0 Å². The summed E-state index contributed by atoms with van der Waals surface area (Å²) in [6, 6.07) is 10.0. The first-order chi connectivity index (χ1) is 13.3. The highest BCUT2D eigenvalue weighted by atomic mass is 79.9. The maximum Gasteiger partial charge on any atom is 0.270 e. The van der Waals surface area contributed by atoms with Gasteiger partial charge in [-0.15, -0.1) is 0 Å². The van der Waals surface area contributed by atoms with E-state index in [-0.39, 0.29) is 10.7 Å². The summed E-state index contributed by atoms with van der Waals surface area (Å²) < 4.78 is 11.2. The van der Waals surface area contributed by atoms with Crippen LogP contribution in [-0.4, -0.2) is 31.1 Å². The Balaban J connectivity index is 2.06. The van der Waals surface area contributed by atoms with Crippen molar-refractivity contribution >= 4 is 68.4 Å². The van der Waals surface area contributed by atoms with Crippen LogP contribution in [0.15, 0.2) is 46.4 Å².